The normalized spacial score (nSPS) is 12.3. The first-order valence-electron chi connectivity index (χ1n) is 11.0. The Morgan fingerprint density at radius 1 is 1.03 bits per heavy atom. The molecule has 0 aliphatic carbocycles. The SMILES string of the molecule is C/C(=C(/N)CO)N(N)CCCOc1ccc(C(C)(C)c2ccc(OCCCCl)c(Cl)c2)cc1. The van der Waals surface area contributed by atoms with Crippen molar-refractivity contribution in [2.24, 2.45) is 11.6 Å². The first-order chi connectivity index (χ1) is 15.7. The third-order valence-corrected chi connectivity index (χ3v) is 6.21. The molecular weight excluding hydrogens is 461 g/mol. The Hall–Kier alpha value is -2.12. The van der Waals surface area contributed by atoms with Crippen LogP contribution in [0.5, 0.6) is 11.5 Å². The van der Waals surface area contributed by atoms with Crippen LogP contribution in [-0.4, -0.2) is 42.4 Å². The lowest BCUT2D eigenvalue weighted by atomic mass is 9.78. The second kappa shape index (κ2) is 12.9. The molecule has 5 N–H and O–H groups in total. The maximum Gasteiger partial charge on any atom is 0.137 e. The van der Waals surface area contributed by atoms with E-state index in [1.165, 1.54) is 5.01 Å². The van der Waals surface area contributed by atoms with Crippen LogP contribution in [0.15, 0.2) is 53.9 Å². The highest BCUT2D eigenvalue weighted by Gasteiger charge is 2.24. The monoisotopic (exact) mass is 495 g/mol. The number of hydrogen-bond acceptors (Lipinski definition) is 6. The average Bonchev–Trinajstić information content (AvgIpc) is 2.82. The van der Waals surface area contributed by atoms with Gasteiger partial charge in [-0.1, -0.05) is 43.6 Å². The van der Waals surface area contributed by atoms with Gasteiger partial charge >= 0.3 is 0 Å². The minimum atomic E-state index is -0.243. The van der Waals surface area contributed by atoms with Gasteiger partial charge in [-0.15, -0.1) is 11.6 Å². The molecule has 0 fully saturated rings. The fourth-order valence-corrected chi connectivity index (χ4v) is 3.61. The number of allylic oxidation sites excluding steroid dienone is 1. The van der Waals surface area contributed by atoms with Gasteiger partial charge in [0.2, 0.25) is 0 Å². The zero-order valence-corrected chi connectivity index (χ0v) is 21.1. The van der Waals surface area contributed by atoms with E-state index in [1.54, 1.807) is 6.92 Å². The van der Waals surface area contributed by atoms with Gasteiger partial charge in [-0.25, -0.2) is 5.84 Å². The third-order valence-electron chi connectivity index (χ3n) is 5.64. The maximum absolute atomic E-state index is 9.09. The summed E-state index contributed by atoms with van der Waals surface area (Å²) >= 11 is 12.2. The smallest absolute Gasteiger partial charge is 0.137 e. The second-order valence-electron chi connectivity index (χ2n) is 8.35. The lowest BCUT2D eigenvalue weighted by molar-refractivity contribution is 0.264. The fraction of sp³-hybridized carbons (Fsp3) is 0.440. The predicted molar refractivity (Wildman–Crippen MR) is 136 cm³/mol. The van der Waals surface area contributed by atoms with Crippen LogP contribution < -0.4 is 21.1 Å². The molecule has 2 aromatic carbocycles. The summed E-state index contributed by atoms with van der Waals surface area (Å²) in [6.07, 6.45) is 1.50. The lowest BCUT2D eigenvalue weighted by Crippen LogP contribution is -2.33. The standard InChI is InChI=1S/C25H35Cl2N3O3/c1-18(23(28)17-31)30(29)13-5-15-32-21-9-6-19(7-10-21)25(2,3)20-8-11-24(22(27)16-20)33-14-4-12-26/h6-11,16,31H,4-5,12-15,17,28-29H2,1-3H3/b23-18-. The Bertz CT molecular complexity index is 918. The van der Waals surface area contributed by atoms with Crippen molar-refractivity contribution in [2.75, 3.05) is 32.2 Å². The van der Waals surface area contributed by atoms with Crippen LogP contribution in [0.1, 0.15) is 44.7 Å². The Balaban J connectivity index is 1.95. The van der Waals surface area contributed by atoms with E-state index in [9.17, 15) is 0 Å². The fourth-order valence-electron chi connectivity index (χ4n) is 3.27. The van der Waals surface area contributed by atoms with Crippen molar-refractivity contribution in [1.29, 1.82) is 0 Å². The number of hydrogen-bond donors (Lipinski definition) is 3. The highest BCUT2D eigenvalue weighted by molar-refractivity contribution is 6.32. The van der Waals surface area contributed by atoms with Crippen molar-refractivity contribution in [1.82, 2.24) is 5.01 Å². The van der Waals surface area contributed by atoms with Gasteiger partial charge in [-0.3, -0.25) is 0 Å². The number of aliphatic hydroxyl groups excluding tert-OH is 1. The van der Waals surface area contributed by atoms with Crippen molar-refractivity contribution >= 4 is 23.2 Å². The predicted octanol–water partition coefficient (Wildman–Crippen LogP) is 4.80. The Morgan fingerprint density at radius 2 is 1.67 bits per heavy atom. The number of nitrogens with zero attached hydrogens (tertiary/aromatic N) is 1. The van der Waals surface area contributed by atoms with Gasteiger partial charge in [0, 0.05) is 30.0 Å². The summed E-state index contributed by atoms with van der Waals surface area (Å²) in [5.74, 6) is 7.98. The number of aliphatic hydroxyl groups is 1. The van der Waals surface area contributed by atoms with Gasteiger partial charge in [-0.2, -0.15) is 0 Å². The van der Waals surface area contributed by atoms with E-state index < -0.39 is 0 Å². The quantitative estimate of drug-likeness (QED) is 0.160. The lowest BCUT2D eigenvalue weighted by Gasteiger charge is -2.27. The van der Waals surface area contributed by atoms with Crippen LogP contribution >= 0.6 is 23.2 Å². The summed E-state index contributed by atoms with van der Waals surface area (Å²) in [5.41, 5.74) is 8.74. The van der Waals surface area contributed by atoms with Gasteiger partial charge in [-0.05, 0) is 48.7 Å². The zero-order chi connectivity index (χ0) is 24.4. The average molecular weight is 496 g/mol. The van der Waals surface area contributed by atoms with E-state index in [-0.39, 0.29) is 12.0 Å². The number of halogens is 2. The minimum absolute atomic E-state index is 0.211. The molecule has 0 unspecified atom stereocenters. The minimum Gasteiger partial charge on any atom is -0.494 e. The molecule has 0 saturated carbocycles. The van der Waals surface area contributed by atoms with Gasteiger partial charge < -0.3 is 25.3 Å². The molecule has 8 heteroatoms. The topological polar surface area (TPSA) is 94.0 Å². The van der Waals surface area contributed by atoms with Crippen LogP contribution in [0.4, 0.5) is 0 Å². The molecule has 0 bridgehead atoms. The van der Waals surface area contributed by atoms with Crippen LogP contribution in [-0.2, 0) is 5.41 Å². The number of alkyl halides is 1. The number of hydrazine groups is 1. The molecule has 0 aliphatic heterocycles. The summed E-state index contributed by atoms with van der Waals surface area (Å²) in [6.45, 7) is 7.52. The molecule has 33 heavy (non-hydrogen) atoms. The van der Waals surface area contributed by atoms with E-state index >= 15 is 0 Å². The van der Waals surface area contributed by atoms with Gasteiger partial charge in [0.1, 0.15) is 11.5 Å². The molecule has 0 radical (unpaired) electrons. The second-order valence-corrected chi connectivity index (χ2v) is 9.13. The molecule has 182 valence electrons. The number of rotatable bonds is 13. The highest BCUT2D eigenvalue weighted by Crippen LogP contribution is 2.36. The Labute approximate surface area is 207 Å². The molecule has 2 rings (SSSR count). The molecule has 0 saturated heterocycles. The molecule has 6 nitrogen and oxygen atoms in total. The molecule has 0 aromatic heterocycles. The van der Waals surface area contributed by atoms with Gasteiger partial charge in [0.05, 0.1) is 30.5 Å². The summed E-state index contributed by atoms with van der Waals surface area (Å²) in [7, 11) is 0. The highest BCUT2D eigenvalue weighted by atomic mass is 35.5. The third kappa shape index (κ3) is 7.71. The number of nitrogens with two attached hydrogens (primary N) is 2. The number of ether oxygens (including phenoxy) is 2. The van der Waals surface area contributed by atoms with E-state index in [0.29, 0.717) is 47.8 Å². The largest absolute Gasteiger partial charge is 0.494 e. The van der Waals surface area contributed by atoms with Crippen molar-refractivity contribution in [3.63, 3.8) is 0 Å². The summed E-state index contributed by atoms with van der Waals surface area (Å²) in [5, 5.41) is 11.2. The molecular formula is C25H35Cl2N3O3. The molecule has 0 spiro atoms. The molecule has 0 atom stereocenters. The van der Waals surface area contributed by atoms with Crippen LogP contribution in [0.25, 0.3) is 0 Å². The molecule has 0 aliphatic rings. The maximum atomic E-state index is 9.09. The molecule has 0 heterocycles. The summed E-state index contributed by atoms with van der Waals surface area (Å²) < 4.78 is 11.5. The van der Waals surface area contributed by atoms with Crippen LogP contribution in [0.2, 0.25) is 5.02 Å². The summed E-state index contributed by atoms with van der Waals surface area (Å²) in [6, 6.07) is 14.0. The van der Waals surface area contributed by atoms with E-state index in [2.05, 4.69) is 26.0 Å². The van der Waals surface area contributed by atoms with Crippen LogP contribution in [0, 0.1) is 0 Å². The van der Waals surface area contributed by atoms with E-state index in [4.69, 9.17) is 49.4 Å². The van der Waals surface area contributed by atoms with Gasteiger partial charge in [0.25, 0.3) is 0 Å². The molecule has 0 amide bonds. The Morgan fingerprint density at radius 3 is 2.27 bits per heavy atom. The van der Waals surface area contributed by atoms with Crippen molar-refractivity contribution in [2.45, 2.75) is 39.0 Å². The first-order valence-corrected chi connectivity index (χ1v) is 11.9. The van der Waals surface area contributed by atoms with Crippen molar-refractivity contribution < 1.29 is 14.6 Å². The summed E-state index contributed by atoms with van der Waals surface area (Å²) in [4.78, 5) is 0. The first kappa shape index (κ1) is 27.1. The Kier molecular flexibility index (Phi) is 10.6. The van der Waals surface area contributed by atoms with E-state index in [0.717, 1.165) is 29.7 Å². The zero-order valence-electron chi connectivity index (χ0n) is 19.6. The van der Waals surface area contributed by atoms with Gasteiger partial charge in [0.15, 0.2) is 0 Å². The number of benzene rings is 2. The molecule has 2 aromatic rings. The van der Waals surface area contributed by atoms with E-state index in [1.807, 2.05) is 30.3 Å². The van der Waals surface area contributed by atoms with Crippen molar-refractivity contribution in [3.05, 3.63) is 70.0 Å². The van der Waals surface area contributed by atoms with Crippen molar-refractivity contribution in [3.8, 4) is 11.5 Å². The van der Waals surface area contributed by atoms with Crippen LogP contribution in [0.3, 0.4) is 0 Å².